The van der Waals surface area contributed by atoms with Crippen molar-refractivity contribution in [3.63, 3.8) is 0 Å². The van der Waals surface area contributed by atoms with Crippen molar-refractivity contribution < 1.29 is 38.1 Å². The summed E-state index contributed by atoms with van der Waals surface area (Å²) in [6.45, 7) is 10.3. The Balaban J connectivity index is 2.82. The van der Waals surface area contributed by atoms with E-state index in [1.807, 2.05) is 6.92 Å². The number of carbonyl (C=O) groups excluding carboxylic acids is 4. The van der Waals surface area contributed by atoms with Crippen LogP contribution in [-0.2, 0) is 35.1 Å². The maximum absolute atomic E-state index is 12.4. The van der Waals surface area contributed by atoms with E-state index in [9.17, 15) is 19.2 Å². The first kappa shape index (κ1) is 29.1. The maximum Gasteiger partial charge on any atom is 0.323 e. The molecule has 9 nitrogen and oxygen atoms in total. The van der Waals surface area contributed by atoms with Crippen LogP contribution >= 0.6 is 0 Å². The van der Waals surface area contributed by atoms with Crippen molar-refractivity contribution in [2.45, 2.75) is 79.4 Å². The third-order valence-electron chi connectivity index (χ3n) is 4.66. The lowest BCUT2D eigenvalue weighted by Gasteiger charge is -2.18. The predicted octanol–water partition coefficient (Wildman–Crippen LogP) is 3.34. The predicted molar refractivity (Wildman–Crippen MR) is 125 cm³/mol. The van der Waals surface area contributed by atoms with Gasteiger partial charge >= 0.3 is 23.9 Å². The zero-order valence-electron chi connectivity index (χ0n) is 20.9. The Morgan fingerprint density at radius 2 is 1.47 bits per heavy atom. The Morgan fingerprint density at radius 1 is 0.882 bits per heavy atom. The molecule has 190 valence electrons. The number of nitrogens with two attached hydrogens (primary N) is 1. The number of hydrogen-bond donors (Lipinski definition) is 1. The van der Waals surface area contributed by atoms with Gasteiger partial charge in [0.1, 0.15) is 18.8 Å². The molecule has 2 atom stereocenters. The zero-order valence-corrected chi connectivity index (χ0v) is 20.9. The molecular weight excluding hydrogens is 442 g/mol. The van der Waals surface area contributed by atoms with Gasteiger partial charge in [0.15, 0.2) is 11.5 Å². The summed E-state index contributed by atoms with van der Waals surface area (Å²) in [5, 5.41) is 0. The Hall–Kier alpha value is -2.94. The number of ether oxygens (including phenoxy) is 4. The molecule has 0 aromatic heterocycles. The highest BCUT2D eigenvalue weighted by atomic mass is 16.6. The monoisotopic (exact) mass is 479 g/mol. The summed E-state index contributed by atoms with van der Waals surface area (Å²) in [5.41, 5.74) is 6.58. The number of unbranched alkanes of at least 4 members (excludes halogenated alkanes) is 1. The van der Waals surface area contributed by atoms with E-state index in [0.717, 1.165) is 12.8 Å². The van der Waals surface area contributed by atoms with Crippen molar-refractivity contribution in [3.05, 3.63) is 23.8 Å². The van der Waals surface area contributed by atoms with Gasteiger partial charge in [0, 0.05) is 6.42 Å². The summed E-state index contributed by atoms with van der Waals surface area (Å²) >= 11 is 0. The molecule has 0 bridgehead atoms. The van der Waals surface area contributed by atoms with Crippen LogP contribution < -0.4 is 15.2 Å². The molecule has 1 aromatic rings. The third-order valence-corrected chi connectivity index (χ3v) is 4.66. The van der Waals surface area contributed by atoms with Crippen LogP contribution in [0.3, 0.4) is 0 Å². The Morgan fingerprint density at radius 3 is 2.03 bits per heavy atom. The number of rotatable bonds is 13. The molecule has 2 N–H and O–H groups in total. The first-order chi connectivity index (χ1) is 15.9. The summed E-state index contributed by atoms with van der Waals surface area (Å²) in [6.07, 6.45) is 1.38. The lowest BCUT2D eigenvalue weighted by atomic mass is 10.1. The molecule has 34 heavy (non-hydrogen) atoms. The molecule has 9 heteroatoms. The lowest BCUT2D eigenvalue weighted by molar-refractivity contribution is -0.159. The normalized spacial score (nSPS) is 12.7. The highest BCUT2D eigenvalue weighted by molar-refractivity contribution is 5.78. The van der Waals surface area contributed by atoms with Gasteiger partial charge in [-0.05, 0) is 37.5 Å². The standard InChI is InChI=1S/C25H37NO8/c1-7-8-9-22(27)31-14-17(6)32-25(30)19(26)12-18-10-11-20(33-23(28)15(2)3)21(13-18)34-24(29)16(4)5/h10-11,13,15-17,19H,7-9,12,14,26H2,1-6H3/t17-,19-/m0/s1. The highest BCUT2D eigenvalue weighted by Gasteiger charge is 2.22. The first-order valence-corrected chi connectivity index (χ1v) is 11.6. The van der Waals surface area contributed by atoms with E-state index in [1.165, 1.54) is 12.1 Å². The Labute approximate surface area is 201 Å². The molecule has 0 saturated heterocycles. The van der Waals surface area contributed by atoms with E-state index in [1.54, 1.807) is 40.7 Å². The molecule has 0 fully saturated rings. The molecule has 1 rings (SSSR count). The fourth-order valence-electron chi connectivity index (χ4n) is 2.56. The number of benzene rings is 1. The quantitative estimate of drug-likeness (QED) is 0.334. The molecule has 0 unspecified atom stereocenters. The molecule has 0 aliphatic rings. The summed E-state index contributed by atoms with van der Waals surface area (Å²) in [4.78, 5) is 48.1. The average Bonchev–Trinajstić information content (AvgIpc) is 2.77. The van der Waals surface area contributed by atoms with Gasteiger partial charge in [-0.2, -0.15) is 0 Å². The molecule has 0 saturated carbocycles. The second-order valence-electron chi connectivity index (χ2n) is 8.78. The van der Waals surface area contributed by atoms with Crippen LogP contribution in [0, 0.1) is 11.8 Å². The van der Waals surface area contributed by atoms with Crippen molar-refractivity contribution in [2.24, 2.45) is 17.6 Å². The molecule has 1 aromatic carbocycles. The van der Waals surface area contributed by atoms with Crippen LogP contribution in [0.5, 0.6) is 11.5 Å². The van der Waals surface area contributed by atoms with Gasteiger partial charge in [0.2, 0.25) is 0 Å². The SMILES string of the molecule is CCCCC(=O)OC[C@H](C)OC(=O)[C@@H](N)Cc1ccc(OC(=O)C(C)C)c(OC(=O)C(C)C)c1. The number of esters is 4. The van der Waals surface area contributed by atoms with Crippen molar-refractivity contribution in [1.29, 1.82) is 0 Å². The molecule has 0 radical (unpaired) electrons. The maximum atomic E-state index is 12.4. The molecular formula is C25H37NO8. The van der Waals surface area contributed by atoms with E-state index in [4.69, 9.17) is 24.7 Å². The minimum absolute atomic E-state index is 0.0494. The van der Waals surface area contributed by atoms with E-state index in [2.05, 4.69) is 0 Å². The van der Waals surface area contributed by atoms with Crippen LogP contribution in [-0.4, -0.2) is 42.6 Å². The van der Waals surface area contributed by atoms with Crippen molar-refractivity contribution in [1.82, 2.24) is 0 Å². The second-order valence-corrected chi connectivity index (χ2v) is 8.78. The van der Waals surface area contributed by atoms with Crippen LogP contribution in [0.15, 0.2) is 18.2 Å². The largest absolute Gasteiger partial charge is 0.462 e. The van der Waals surface area contributed by atoms with Gasteiger partial charge in [-0.15, -0.1) is 0 Å². The summed E-state index contributed by atoms with van der Waals surface area (Å²) in [5.74, 6) is -2.56. The number of hydrogen-bond acceptors (Lipinski definition) is 9. The fourth-order valence-corrected chi connectivity index (χ4v) is 2.56. The number of carbonyl (C=O) groups is 4. The lowest BCUT2D eigenvalue weighted by Crippen LogP contribution is -2.37. The van der Waals surface area contributed by atoms with Crippen molar-refractivity contribution in [3.8, 4) is 11.5 Å². The summed E-state index contributed by atoms with van der Waals surface area (Å²) in [6, 6.07) is 3.63. The zero-order chi connectivity index (χ0) is 25.8. The fraction of sp³-hybridized carbons (Fsp3) is 0.600. The van der Waals surface area contributed by atoms with Gasteiger partial charge in [0.25, 0.3) is 0 Å². The molecule has 0 amide bonds. The topological polar surface area (TPSA) is 131 Å². The van der Waals surface area contributed by atoms with Crippen LogP contribution in [0.4, 0.5) is 0 Å². The smallest absolute Gasteiger partial charge is 0.323 e. The van der Waals surface area contributed by atoms with E-state index in [-0.39, 0.29) is 36.4 Å². The summed E-state index contributed by atoms with van der Waals surface area (Å²) in [7, 11) is 0. The van der Waals surface area contributed by atoms with Gasteiger partial charge in [-0.3, -0.25) is 19.2 Å². The average molecular weight is 480 g/mol. The second kappa shape index (κ2) is 14.3. The van der Waals surface area contributed by atoms with Crippen molar-refractivity contribution >= 4 is 23.9 Å². The van der Waals surface area contributed by atoms with Gasteiger partial charge in [-0.25, -0.2) is 0 Å². The molecule has 0 aliphatic carbocycles. The van der Waals surface area contributed by atoms with E-state index >= 15 is 0 Å². The highest BCUT2D eigenvalue weighted by Crippen LogP contribution is 2.30. The van der Waals surface area contributed by atoms with Gasteiger partial charge < -0.3 is 24.7 Å². The molecule has 0 aliphatic heterocycles. The first-order valence-electron chi connectivity index (χ1n) is 11.6. The van der Waals surface area contributed by atoms with Gasteiger partial charge in [-0.1, -0.05) is 47.1 Å². The Bertz CT molecular complexity index is 849. The molecule has 0 heterocycles. The minimum atomic E-state index is -1.00. The van der Waals surface area contributed by atoms with Gasteiger partial charge in [0.05, 0.1) is 11.8 Å². The summed E-state index contributed by atoms with van der Waals surface area (Å²) < 4.78 is 21.1. The Kier molecular flexibility index (Phi) is 12.3. The van der Waals surface area contributed by atoms with Crippen LogP contribution in [0.25, 0.3) is 0 Å². The van der Waals surface area contributed by atoms with Crippen LogP contribution in [0.1, 0.15) is 66.4 Å². The van der Waals surface area contributed by atoms with Crippen molar-refractivity contribution in [2.75, 3.05) is 6.61 Å². The minimum Gasteiger partial charge on any atom is -0.462 e. The van der Waals surface area contributed by atoms with E-state index < -0.39 is 36.0 Å². The third kappa shape index (κ3) is 10.3. The molecule has 0 spiro atoms. The van der Waals surface area contributed by atoms with E-state index in [0.29, 0.717) is 12.0 Å². The van der Waals surface area contributed by atoms with Crippen LogP contribution in [0.2, 0.25) is 0 Å².